The minimum atomic E-state index is 0.164. The molecule has 1 aliphatic rings. The van der Waals surface area contributed by atoms with Gasteiger partial charge in [-0.1, -0.05) is 45.2 Å². The van der Waals surface area contributed by atoms with Crippen molar-refractivity contribution in [3.63, 3.8) is 0 Å². The Morgan fingerprint density at radius 2 is 1.95 bits per heavy atom. The predicted octanol–water partition coefficient (Wildman–Crippen LogP) is 3.38. The summed E-state index contributed by atoms with van der Waals surface area (Å²) in [5, 5.41) is 8.85. The standard InChI is InChI=1S/C16H29ClN4/c1-5-18-15(14-13(17)12-19-20(14)4)16(10-8-9-11-16)21(6-2)7-3/h12,15,18H,5-11H2,1-4H3. The Morgan fingerprint density at radius 3 is 2.38 bits per heavy atom. The van der Waals surface area contributed by atoms with E-state index in [2.05, 4.69) is 36.1 Å². The van der Waals surface area contributed by atoms with E-state index in [0.717, 1.165) is 30.4 Å². The smallest absolute Gasteiger partial charge is 0.0834 e. The molecule has 1 atom stereocenters. The van der Waals surface area contributed by atoms with Crippen LogP contribution in [0.25, 0.3) is 0 Å². The molecule has 1 heterocycles. The van der Waals surface area contributed by atoms with Crippen molar-refractivity contribution in [1.29, 1.82) is 0 Å². The van der Waals surface area contributed by atoms with E-state index < -0.39 is 0 Å². The molecule has 0 saturated heterocycles. The van der Waals surface area contributed by atoms with Gasteiger partial charge in [-0.2, -0.15) is 5.10 Å². The van der Waals surface area contributed by atoms with Crippen LogP contribution in [-0.2, 0) is 7.05 Å². The molecular weight excluding hydrogens is 284 g/mol. The summed E-state index contributed by atoms with van der Waals surface area (Å²) < 4.78 is 1.94. The molecule has 0 amide bonds. The van der Waals surface area contributed by atoms with Crippen LogP contribution in [0, 0.1) is 0 Å². The van der Waals surface area contributed by atoms with E-state index in [4.69, 9.17) is 11.6 Å². The number of aryl methyl sites for hydroxylation is 1. The van der Waals surface area contributed by atoms with Crippen LogP contribution in [0.4, 0.5) is 0 Å². The minimum Gasteiger partial charge on any atom is -0.307 e. The van der Waals surface area contributed by atoms with E-state index in [9.17, 15) is 0 Å². The van der Waals surface area contributed by atoms with Gasteiger partial charge >= 0.3 is 0 Å². The van der Waals surface area contributed by atoms with Gasteiger partial charge in [0.05, 0.1) is 23.0 Å². The highest BCUT2D eigenvalue weighted by Crippen LogP contribution is 2.45. The summed E-state index contributed by atoms with van der Waals surface area (Å²) in [7, 11) is 2.00. The van der Waals surface area contributed by atoms with Gasteiger partial charge in [-0.25, -0.2) is 0 Å². The number of aromatic nitrogens is 2. The lowest BCUT2D eigenvalue weighted by Gasteiger charge is -2.46. The van der Waals surface area contributed by atoms with E-state index >= 15 is 0 Å². The van der Waals surface area contributed by atoms with Crippen molar-refractivity contribution in [3.8, 4) is 0 Å². The second-order valence-electron chi connectivity index (χ2n) is 5.98. The summed E-state index contributed by atoms with van der Waals surface area (Å²) in [6.07, 6.45) is 6.83. The molecule has 4 nitrogen and oxygen atoms in total. The molecule has 0 bridgehead atoms. The summed E-state index contributed by atoms with van der Waals surface area (Å²) >= 11 is 6.47. The second kappa shape index (κ2) is 7.12. The summed E-state index contributed by atoms with van der Waals surface area (Å²) in [5.41, 5.74) is 1.30. The first-order chi connectivity index (χ1) is 10.1. The number of nitrogens with zero attached hydrogens (tertiary/aromatic N) is 3. The van der Waals surface area contributed by atoms with Gasteiger partial charge in [0, 0.05) is 12.6 Å². The maximum Gasteiger partial charge on any atom is 0.0834 e. The molecule has 120 valence electrons. The monoisotopic (exact) mass is 312 g/mol. The Hall–Kier alpha value is -0.580. The van der Waals surface area contributed by atoms with Gasteiger partial charge in [-0.3, -0.25) is 9.58 Å². The molecule has 1 N–H and O–H groups in total. The van der Waals surface area contributed by atoms with Crippen molar-refractivity contribution in [1.82, 2.24) is 20.0 Å². The number of hydrogen-bond acceptors (Lipinski definition) is 3. The van der Waals surface area contributed by atoms with Gasteiger partial charge < -0.3 is 5.32 Å². The molecule has 0 radical (unpaired) electrons. The average Bonchev–Trinajstić information content (AvgIpc) is 3.07. The molecule has 1 aromatic rings. The number of hydrogen-bond donors (Lipinski definition) is 1. The van der Waals surface area contributed by atoms with Crippen LogP contribution in [0.15, 0.2) is 6.20 Å². The quantitative estimate of drug-likeness (QED) is 0.838. The second-order valence-corrected chi connectivity index (χ2v) is 6.38. The largest absolute Gasteiger partial charge is 0.307 e. The normalized spacial score (nSPS) is 19.3. The van der Waals surface area contributed by atoms with Crippen LogP contribution >= 0.6 is 11.6 Å². The SMILES string of the molecule is CCNC(c1c(Cl)cnn1C)C1(N(CC)CC)CCCC1. The summed E-state index contributed by atoms with van der Waals surface area (Å²) in [4.78, 5) is 2.62. The number of rotatable bonds is 7. The van der Waals surface area contributed by atoms with Crippen molar-refractivity contribution in [2.45, 2.75) is 58.0 Å². The third-order valence-electron chi connectivity index (χ3n) is 5.02. The molecule has 1 fully saturated rings. The van der Waals surface area contributed by atoms with Gasteiger partial charge in [0.2, 0.25) is 0 Å². The zero-order valence-electron chi connectivity index (χ0n) is 13.8. The van der Waals surface area contributed by atoms with Gasteiger partial charge in [-0.05, 0) is 32.5 Å². The summed E-state index contributed by atoms with van der Waals surface area (Å²) in [6.45, 7) is 9.79. The van der Waals surface area contributed by atoms with Crippen molar-refractivity contribution >= 4 is 11.6 Å². The van der Waals surface area contributed by atoms with E-state index in [1.807, 2.05) is 11.7 Å². The molecule has 2 rings (SSSR count). The van der Waals surface area contributed by atoms with Gasteiger partial charge in [0.15, 0.2) is 0 Å². The predicted molar refractivity (Wildman–Crippen MR) is 88.8 cm³/mol. The highest BCUT2D eigenvalue weighted by Gasteiger charge is 2.46. The lowest BCUT2D eigenvalue weighted by Crippen LogP contribution is -2.55. The Balaban J connectivity index is 2.47. The Morgan fingerprint density at radius 1 is 1.33 bits per heavy atom. The van der Waals surface area contributed by atoms with Crippen LogP contribution in [0.2, 0.25) is 5.02 Å². The lowest BCUT2D eigenvalue weighted by atomic mass is 9.83. The van der Waals surface area contributed by atoms with E-state index in [1.54, 1.807) is 6.20 Å². The first-order valence-corrected chi connectivity index (χ1v) is 8.64. The number of nitrogens with one attached hydrogen (secondary N) is 1. The molecule has 5 heteroatoms. The Kier molecular flexibility index (Phi) is 5.69. The van der Waals surface area contributed by atoms with Crippen molar-refractivity contribution in [2.24, 2.45) is 7.05 Å². The first-order valence-electron chi connectivity index (χ1n) is 8.26. The maximum atomic E-state index is 6.47. The molecular formula is C16H29ClN4. The summed E-state index contributed by atoms with van der Waals surface area (Å²) in [5.74, 6) is 0. The van der Waals surface area contributed by atoms with Gasteiger partial charge in [0.1, 0.15) is 0 Å². The van der Waals surface area contributed by atoms with E-state index in [0.29, 0.717) is 0 Å². The van der Waals surface area contributed by atoms with Crippen LogP contribution in [-0.4, -0.2) is 39.9 Å². The van der Waals surface area contributed by atoms with Crippen LogP contribution < -0.4 is 5.32 Å². The zero-order chi connectivity index (χ0) is 15.5. The summed E-state index contributed by atoms with van der Waals surface area (Å²) in [6, 6.07) is 0.241. The third-order valence-corrected chi connectivity index (χ3v) is 5.31. The van der Waals surface area contributed by atoms with Crippen molar-refractivity contribution < 1.29 is 0 Å². The lowest BCUT2D eigenvalue weighted by molar-refractivity contribution is 0.0602. The zero-order valence-corrected chi connectivity index (χ0v) is 14.6. The molecule has 21 heavy (non-hydrogen) atoms. The molecule has 1 aromatic heterocycles. The first kappa shape index (κ1) is 16.8. The van der Waals surface area contributed by atoms with Crippen LogP contribution in [0.1, 0.15) is 58.2 Å². The highest BCUT2D eigenvalue weighted by molar-refractivity contribution is 6.31. The molecule has 0 aliphatic heterocycles. The third kappa shape index (κ3) is 2.99. The average molecular weight is 313 g/mol. The maximum absolute atomic E-state index is 6.47. The topological polar surface area (TPSA) is 33.1 Å². The van der Waals surface area contributed by atoms with E-state index in [-0.39, 0.29) is 11.6 Å². The van der Waals surface area contributed by atoms with Crippen molar-refractivity contribution in [3.05, 3.63) is 16.9 Å². The van der Waals surface area contributed by atoms with Crippen molar-refractivity contribution in [2.75, 3.05) is 19.6 Å². The fourth-order valence-electron chi connectivity index (χ4n) is 4.12. The molecule has 0 spiro atoms. The Labute approximate surface area is 133 Å². The molecule has 1 unspecified atom stereocenters. The number of halogens is 1. The molecule has 1 saturated carbocycles. The minimum absolute atomic E-state index is 0.164. The molecule has 0 aromatic carbocycles. The van der Waals surface area contributed by atoms with Crippen LogP contribution in [0.5, 0.6) is 0 Å². The fraction of sp³-hybridized carbons (Fsp3) is 0.812. The molecule has 1 aliphatic carbocycles. The van der Waals surface area contributed by atoms with E-state index in [1.165, 1.54) is 25.7 Å². The number of likely N-dealkylation sites (N-methyl/N-ethyl adjacent to an activating group) is 2. The van der Waals surface area contributed by atoms with Gasteiger partial charge in [-0.15, -0.1) is 0 Å². The Bertz CT molecular complexity index is 428. The highest BCUT2D eigenvalue weighted by atomic mass is 35.5. The van der Waals surface area contributed by atoms with Crippen LogP contribution in [0.3, 0.4) is 0 Å². The fourth-order valence-corrected chi connectivity index (χ4v) is 4.39. The van der Waals surface area contributed by atoms with Gasteiger partial charge in [0.25, 0.3) is 0 Å².